The monoisotopic (exact) mass is 804 g/mol. The maximum Gasteiger partial charge on any atom is 0.143 e. The summed E-state index contributed by atoms with van der Waals surface area (Å²) in [6.07, 6.45) is 0. The predicted molar refractivity (Wildman–Crippen MR) is 264 cm³/mol. The Balaban J connectivity index is 1.14. The van der Waals surface area contributed by atoms with E-state index in [1.54, 1.807) is 0 Å². The van der Waals surface area contributed by atoms with Gasteiger partial charge in [-0.1, -0.05) is 194 Å². The molecule has 296 valence electrons. The Labute approximate surface area is 366 Å². The third kappa shape index (κ3) is 6.13. The summed E-state index contributed by atoms with van der Waals surface area (Å²) in [5, 5.41) is 4.68. The largest absolute Gasteiger partial charge is 0.455 e. The summed E-state index contributed by atoms with van der Waals surface area (Å²) in [6.45, 7) is 0. The molecule has 3 nitrogen and oxygen atoms in total. The molecule has 0 aliphatic rings. The molecule has 12 rings (SSSR count). The summed E-state index contributed by atoms with van der Waals surface area (Å²) < 4.78 is 9.16. The van der Waals surface area contributed by atoms with Gasteiger partial charge in [-0.2, -0.15) is 0 Å². The van der Waals surface area contributed by atoms with E-state index in [9.17, 15) is 0 Å². The van der Waals surface area contributed by atoms with Crippen molar-refractivity contribution in [2.75, 3.05) is 4.90 Å². The number of nitrogens with zero attached hydrogens (tertiary/aromatic N) is 2. The van der Waals surface area contributed by atoms with E-state index in [-0.39, 0.29) is 0 Å². The molecule has 3 heteroatoms. The van der Waals surface area contributed by atoms with Crippen LogP contribution in [-0.2, 0) is 0 Å². The van der Waals surface area contributed by atoms with Crippen LogP contribution in [0.3, 0.4) is 0 Å². The Morgan fingerprint density at radius 2 is 0.762 bits per heavy atom. The molecule has 0 aliphatic carbocycles. The fraction of sp³-hybridized carbons (Fsp3) is 0. The molecule has 10 aromatic carbocycles. The molecule has 12 aromatic rings. The van der Waals surface area contributed by atoms with Crippen molar-refractivity contribution >= 4 is 60.8 Å². The Morgan fingerprint density at radius 3 is 1.48 bits per heavy atom. The van der Waals surface area contributed by atoms with Crippen molar-refractivity contribution < 1.29 is 4.42 Å². The van der Waals surface area contributed by atoms with Crippen LogP contribution in [0.2, 0.25) is 0 Å². The van der Waals surface area contributed by atoms with Crippen molar-refractivity contribution in [3.05, 3.63) is 243 Å². The van der Waals surface area contributed by atoms with Crippen molar-refractivity contribution in [2.45, 2.75) is 0 Å². The summed E-state index contributed by atoms with van der Waals surface area (Å²) in [6, 6.07) is 87.2. The molecule has 2 heterocycles. The molecule has 0 atom stereocenters. The molecule has 0 N–H and O–H groups in total. The first-order chi connectivity index (χ1) is 31.3. The number of hydrogen-bond acceptors (Lipinski definition) is 2. The minimum Gasteiger partial charge on any atom is -0.455 e. The fourth-order valence-corrected chi connectivity index (χ4v) is 9.63. The van der Waals surface area contributed by atoms with Crippen LogP contribution in [0.15, 0.2) is 247 Å². The van der Waals surface area contributed by atoms with E-state index >= 15 is 0 Å². The molecular weight excluding hydrogens is 765 g/mol. The molecule has 0 spiro atoms. The Kier molecular flexibility index (Phi) is 8.83. The Bertz CT molecular complexity index is 3600. The number of para-hydroxylation sites is 8. The van der Waals surface area contributed by atoms with Crippen molar-refractivity contribution in [2.24, 2.45) is 0 Å². The third-order valence-corrected chi connectivity index (χ3v) is 12.4. The van der Waals surface area contributed by atoms with Gasteiger partial charge in [0.2, 0.25) is 0 Å². The number of rotatable bonds is 8. The highest BCUT2D eigenvalue weighted by Gasteiger charge is 2.26. The lowest BCUT2D eigenvalue weighted by Crippen LogP contribution is -2.14. The quantitative estimate of drug-likeness (QED) is 0.153. The van der Waals surface area contributed by atoms with Gasteiger partial charge in [-0.15, -0.1) is 0 Å². The van der Waals surface area contributed by atoms with E-state index in [1.807, 2.05) is 6.07 Å². The van der Waals surface area contributed by atoms with Crippen LogP contribution in [0, 0.1) is 0 Å². The normalized spacial score (nSPS) is 11.5. The first-order valence-electron chi connectivity index (χ1n) is 21.5. The molecule has 63 heavy (non-hydrogen) atoms. The van der Waals surface area contributed by atoms with Crippen LogP contribution in [0.4, 0.5) is 17.1 Å². The van der Waals surface area contributed by atoms with Gasteiger partial charge in [0.05, 0.1) is 33.8 Å². The molecule has 0 aliphatic heterocycles. The molecule has 0 fully saturated rings. The fourth-order valence-electron chi connectivity index (χ4n) is 9.63. The van der Waals surface area contributed by atoms with E-state index in [0.29, 0.717) is 0 Å². The molecule has 0 saturated carbocycles. The van der Waals surface area contributed by atoms with Crippen molar-refractivity contribution in [3.8, 4) is 50.2 Å². The maximum absolute atomic E-state index is 6.73. The van der Waals surface area contributed by atoms with Gasteiger partial charge < -0.3 is 13.9 Å². The van der Waals surface area contributed by atoms with Gasteiger partial charge in [0.25, 0.3) is 0 Å². The molecule has 2 aromatic heterocycles. The predicted octanol–water partition coefficient (Wildman–Crippen LogP) is 16.8. The highest BCUT2D eigenvalue weighted by molar-refractivity contribution is 6.12. The third-order valence-electron chi connectivity index (χ3n) is 12.4. The van der Waals surface area contributed by atoms with Crippen molar-refractivity contribution in [1.82, 2.24) is 4.57 Å². The number of furan rings is 1. The van der Waals surface area contributed by atoms with Gasteiger partial charge >= 0.3 is 0 Å². The summed E-state index contributed by atoms with van der Waals surface area (Å²) in [4.78, 5) is 2.47. The second-order valence-electron chi connectivity index (χ2n) is 16.0. The summed E-state index contributed by atoms with van der Waals surface area (Å²) in [7, 11) is 0. The highest BCUT2D eigenvalue weighted by Crippen LogP contribution is 2.50. The van der Waals surface area contributed by atoms with Crippen LogP contribution in [0.5, 0.6) is 0 Å². The maximum atomic E-state index is 6.73. The first kappa shape index (κ1) is 36.5. The van der Waals surface area contributed by atoms with Gasteiger partial charge in [-0.3, -0.25) is 0 Å². The number of aromatic nitrogens is 1. The molecular formula is C60H40N2O. The first-order valence-corrected chi connectivity index (χ1v) is 21.5. The van der Waals surface area contributed by atoms with Crippen LogP contribution < -0.4 is 4.90 Å². The lowest BCUT2D eigenvalue weighted by molar-refractivity contribution is 0.670. The lowest BCUT2D eigenvalue weighted by Gasteiger charge is -2.32. The average molecular weight is 805 g/mol. The van der Waals surface area contributed by atoms with Crippen LogP contribution in [-0.4, -0.2) is 4.57 Å². The number of fused-ring (bicyclic) bond motifs is 6. The van der Waals surface area contributed by atoms with E-state index in [2.05, 4.69) is 246 Å². The van der Waals surface area contributed by atoms with Crippen molar-refractivity contribution in [1.29, 1.82) is 0 Å². The molecule has 0 unspecified atom stereocenters. The number of hydrogen-bond donors (Lipinski definition) is 0. The zero-order chi connectivity index (χ0) is 41.7. The molecule has 0 bridgehead atoms. The Hall–Kier alpha value is -8.40. The zero-order valence-electron chi connectivity index (χ0n) is 34.4. The average Bonchev–Trinajstić information content (AvgIpc) is 3.91. The van der Waals surface area contributed by atoms with Gasteiger partial charge in [-0.25, -0.2) is 0 Å². The lowest BCUT2D eigenvalue weighted by atomic mass is 9.94. The molecule has 0 amide bonds. The minimum atomic E-state index is 0.875. The van der Waals surface area contributed by atoms with E-state index in [0.717, 1.165) is 78.1 Å². The highest BCUT2D eigenvalue weighted by atomic mass is 16.3. The summed E-state index contributed by atoms with van der Waals surface area (Å²) in [5.74, 6) is 0. The smallest absolute Gasteiger partial charge is 0.143 e. The van der Waals surface area contributed by atoms with E-state index in [4.69, 9.17) is 4.42 Å². The molecule has 0 radical (unpaired) electrons. The number of anilines is 3. The Morgan fingerprint density at radius 1 is 0.302 bits per heavy atom. The van der Waals surface area contributed by atoms with E-state index in [1.165, 1.54) is 32.9 Å². The second kappa shape index (κ2) is 15.3. The SMILES string of the molecule is c1ccc(-c2cccc(-c3ccccc3N(c3ccccc3-c3ccccc3-n3c4ccccc4c4ccccc43)c3ccccc3-c3cccc4c3oc3ccccc34)c2)cc1. The standard InChI is InChI=1S/C60H40N2O/c1-2-20-41(21-3-1)42-22-18-23-43(40-42)44-24-4-11-33-53(44)61(58-38-16-9-29-49(58)51-31-19-32-52-50-30-10-17-39-59(50)63-60(51)52)54-34-12-5-25-45(54)46-26-6-13-35-55(46)62-56-36-14-7-27-47(56)48-28-8-15-37-57(48)62/h1-40H. The zero-order valence-corrected chi connectivity index (χ0v) is 34.4. The van der Waals surface area contributed by atoms with Gasteiger partial charge in [0.15, 0.2) is 0 Å². The second-order valence-corrected chi connectivity index (χ2v) is 16.0. The van der Waals surface area contributed by atoms with Crippen LogP contribution in [0.25, 0.3) is 93.9 Å². The van der Waals surface area contributed by atoms with E-state index < -0.39 is 0 Å². The summed E-state index contributed by atoms with van der Waals surface area (Å²) >= 11 is 0. The van der Waals surface area contributed by atoms with Crippen LogP contribution in [0.1, 0.15) is 0 Å². The minimum absolute atomic E-state index is 0.875. The number of benzene rings is 10. The summed E-state index contributed by atoms with van der Waals surface area (Å²) in [5.41, 5.74) is 17.3. The van der Waals surface area contributed by atoms with Gasteiger partial charge in [-0.05, 0) is 65.2 Å². The molecule has 0 saturated heterocycles. The van der Waals surface area contributed by atoms with Crippen LogP contribution >= 0.6 is 0 Å². The van der Waals surface area contributed by atoms with Crippen molar-refractivity contribution in [3.63, 3.8) is 0 Å². The topological polar surface area (TPSA) is 21.3 Å². The van der Waals surface area contributed by atoms with Gasteiger partial charge in [0, 0.05) is 49.4 Å². The van der Waals surface area contributed by atoms with Gasteiger partial charge in [0.1, 0.15) is 11.2 Å².